The van der Waals surface area contributed by atoms with Gasteiger partial charge in [-0.05, 0) is 18.2 Å². The number of rotatable bonds is 7. The number of piperidine rings is 1. The number of carbonyl (C=O) groups excluding carboxylic acids is 1. The molecule has 2 aromatic rings. The number of aromatic nitrogens is 2. The highest BCUT2D eigenvalue weighted by atomic mass is 35.5. The molecule has 2 bridgehead atoms. The molecule has 10 nitrogen and oxygen atoms in total. The van der Waals surface area contributed by atoms with Gasteiger partial charge in [0.1, 0.15) is 19.0 Å². The summed E-state index contributed by atoms with van der Waals surface area (Å²) in [5.74, 6) is -1.46. The summed E-state index contributed by atoms with van der Waals surface area (Å²) in [7, 11) is 1.53. The van der Waals surface area contributed by atoms with E-state index in [1.54, 1.807) is 17.0 Å². The van der Waals surface area contributed by atoms with Crippen LogP contribution in [0, 0.1) is 29.0 Å². The molecule has 0 spiro atoms. The zero-order valence-electron chi connectivity index (χ0n) is 18.4. The molecule has 2 aliphatic heterocycles. The summed E-state index contributed by atoms with van der Waals surface area (Å²) in [5.41, 5.74) is 0.764. The number of methoxy groups -OCH3 is 1. The molecule has 0 radical (unpaired) electrons. The fourth-order valence-corrected chi connectivity index (χ4v) is 4.24. The Morgan fingerprint density at radius 1 is 1.32 bits per heavy atom. The van der Waals surface area contributed by atoms with Crippen LogP contribution in [0.1, 0.15) is 5.56 Å². The SMILES string of the molecule is COCCOC(=O)N1CC2COCC(C1)C2Oc1ncnc(Nc2ccc(C#N)cc2Cl)c1F. The molecule has 3 heterocycles. The molecule has 2 saturated heterocycles. The molecule has 2 fully saturated rings. The number of amides is 1. The van der Waals surface area contributed by atoms with Crippen LogP contribution in [0.5, 0.6) is 5.88 Å². The number of nitrogens with zero attached hydrogens (tertiary/aromatic N) is 4. The molecular weight excluding hydrogens is 469 g/mol. The number of benzene rings is 1. The van der Waals surface area contributed by atoms with E-state index in [-0.39, 0.29) is 35.2 Å². The Labute approximate surface area is 200 Å². The first-order valence-corrected chi connectivity index (χ1v) is 11.0. The first-order chi connectivity index (χ1) is 16.5. The van der Waals surface area contributed by atoms with E-state index in [2.05, 4.69) is 15.3 Å². The largest absolute Gasteiger partial charge is 0.471 e. The molecule has 2 atom stereocenters. The predicted molar refractivity (Wildman–Crippen MR) is 118 cm³/mol. The summed E-state index contributed by atoms with van der Waals surface area (Å²) >= 11 is 6.18. The molecule has 34 heavy (non-hydrogen) atoms. The van der Waals surface area contributed by atoms with Crippen LogP contribution >= 0.6 is 11.6 Å². The van der Waals surface area contributed by atoms with Gasteiger partial charge in [0.05, 0.1) is 42.2 Å². The molecule has 180 valence electrons. The van der Waals surface area contributed by atoms with E-state index in [0.717, 1.165) is 0 Å². The Hall–Kier alpha value is -3.20. The van der Waals surface area contributed by atoms with E-state index in [9.17, 15) is 4.79 Å². The molecule has 1 aromatic heterocycles. The van der Waals surface area contributed by atoms with Crippen molar-refractivity contribution in [2.45, 2.75) is 6.10 Å². The van der Waals surface area contributed by atoms with Crippen LogP contribution in [-0.4, -0.2) is 73.7 Å². The van der Waals surface area contributed by atoms with Gasteiger partial charge in [-0.1, -0.05) is 11.6 Å². The number of ether oxygens (including phenoxy) is 4. The number of likely N-dealkylation sites (tertiary alicyclic amines) is 1. The third-order valence-corrected chi connectivity index (χ3v) is 5.94. The van der Waals surface area contributed by atoms with Crippen LogP contribution in [0.3, 0.4) is 0 Å². The van der Waals surface area contributed by atoms with Gasteiger partial charge >= 0.3 is 6.09 Å². The van der Waals surface area contributed by atoms with Crippen molar-refractivity contribution in [1.29, 1.82) is 5.26 Å². The average Bonchev–Trinajstić information content (AvgIpc) is 2.82. The van der Waals surface area contributed by atoms with E-state index in [0.29, 0.717) is 44.2 Å². The summed E-state index contributed by atoms with van der Waals surface area (Å²) in [6, 6.07) is 6.57. The maximum atomic E-state index is 15.2. The van der Waals surface area contributed by atoms with Gasteiger partial charge in [0.25, 0.3) is 5.88 Å². The highest BCUT2D eigenvalue weighted by Gasteiger charge is 2.44. The van der Waals surface area contributed by atoms with Crippen molar-refractivity contribution in [2.75, 3.05) is 51.9 Å². The monoisotopic (exact) mass is 491 g/mol. The lowest BCUT2D eigenvalue weighted by Crippen LogP contribution is -2.58. The summed E-state index contributed by atoms with van der Waals surface area (Å²) in [5, 5.41) is 12.0. The maximum absolute atomic E-state index is 15.2. The second-order valence-corrected chi connectivity index (χ2v) is 8.33. The summed E-state index contributed by atoms with van der Waals surface area (Å²) in [6.45, 7) is 1.92. The Morgan fingerprint density at radius 2 is 2.09 bits per heavy atom. The predicted octanol–water partition coefficient (Wildman–Crippen LogP) is 2.99. The normalized spacial score (nSPS) is 21.5. The second-order valence-electron chi connectivity index (χ2n) is 7.93. The molecule has 0 aliphatic carbocycles. The van der Waals surface area contributed by atoms with Crippen molar-refractivity contribution in [2.24, 2.45) is 11.8 Å². The van der Waals surface area contributed by atoms with Crippen molar-refractivity contribution in [3.05, 3.63) is 40.9 Å². The van der Waals surface area contributed by atoms with Crippen LogP contribution in [-0.2, 0) is 14.2 Å². The lowest BCUT2D eigenvalue weighted by molar-refractivity contribution is -0.111. The molecule has 12 heteroatoms. The standard InChI is InChI=1S/C22H23ClFN5O5/c1-31-4-5-33-22(30)29-8-14-10-32-11-15(9-29)19(14)34-21-18(24)20(26-12-27-21)28-17-3-2-13(7-25)6-16(17)23/h2-3,6,12,14-15,19H,4-5,8-11H2,1H3,(H,26,27,28). The van der Waals surface area contributed by atoms with Crippen LogP contribution < -0.4 is 10.1 Å². The second kappa shape index (κ2) is 10.8. The molecule has 0 saturated carbocycles. The average molecular weight is 492 g/mol. The van der Waals surface area contributed by atoms with E-state index in [4.69, 9.17) is 35.8 Å². The first kappa shape index (κ1) is 23.9. The minimum atomic E-state index is -0.775. The number of hydrogen-bond donors (Lipinski definition) is 1. The van der Waals surface area contributed by atoms with Gasteiger partial charge in [0.2, 0.25) is 5.82 Å². The van der Waals surface area contributed by atoms with Gasteiger partial charge in [-0.2, -0.15) is 14.6 Å². The quantitative estimate of drug-likeness (QED) is 0.583. The summed E-state index contributed by atoms with van der Waals surface area (Å²) in [6.07, 6.45) is 0.367. The highest BCUT2D eigenvalue weighted by Crippen LogP contribution is 2.34. The molecule has 1 aromatic carbocycles. The van der Waals surface area contributed by atoms with Crippen molar-refractivity contribution in [1.82, 2.24) is 14.9 Å². The van der Waals surface area contributed by atoms with Gasteiger partial charge in [0, 0.05) is 32.0 Å². The minimum Gasteiger partial charge on any atom is -0.471 e. The third-order valence-electron chi connectivity index (χ3n) is 5.63. The molecular formula is C22H23ClFN5O5. The van der Waals surface area contributed by atoms with E-state index in [1.807, 2.05) is 6.07 Å². The van der Waals surface area contributed by atoms with Gasteiger partial charge in [-0.15, -0.1) is 0 Å². The summed E-state index contributed by atoms with van der Waals surface area (Å²) < 4.78 is 37.0. The number of nitrogens with one attached hydrogen (secondary N) is 1. The zero-order chi connectivity index (χ0) is 24.1. The third kappa shape index (κ3) is 5.30. The van der Waals surface area contributed by atoms with Gasteiger partial charge in [-0.25, -0.2) is 9.78 Å². The van der Waals surface area contributed by atoms with E-state index in [1.165, 1.54) is 19.5 Å². The summed E-state index contributed by atoms with van der Waals surface area (Å²) in [4.78, 5) is 21.9. The topological polar surface area (TPSA) is 119 Å². The van der Waals surface area contributed by atoms with Crippen molar-refractivity contribution in [3.63, 3.8) is 0 Å². The fourth-order valence-electron chi connectivity index (χ4n) is 4.01. The van der Waals surface area contributed by atoms with Crippen molar-refractivity contribution >= 4 is 29.2 Å². The number of halogens is 2. The number of carbonyl (C=O) groups is 1. The molecule has 2 unspecified atom stereocenters. The van der Waals surface area contributed by atoms with Gasteiger partial charge in [0.15, 0.2) is 5.82 Å². The van der Waals surface area contributed by atoms with Gasteiger partial charge in [-0.3, -0.25) is 0 Å². The van der Waals surface area contributed by atoms with Crippen LogP contribution in [0.2, 0.25) is 5.02 Å². The fraction of sp³-hybridized carbons (Fsp3) is 0.455. The molecule has 1 N–H and O–H groups in total. The highest BCUT2D eigenvalue weighted by molar-refractivity contribution is 6.33. The lowest BCUT2D eigenvalue weighted by atomic mass is 9.84. The number of fused-ring (bicyclic) bond motifs is 2. The number of anilines is 2. The molecule has 4 rings (SSSR count). The van der Waals surface area contributed by atoms with Crippen LogP contribution in [0.25, 0.3) is 0 Å². The minimum absolute atomic E-state index is 0.114. The smallest absolute Gasteiger partial charge is 0.409 e. The zero-order valence-corrected chi connectivity index (χ0v) is 19.1. The van der Waals surface area contributed by atoms with Crippen LogP contribution in [0.4, 0.5) is 20.7 Å². The van der Waals surface area contributed by atoms with E-state index < -0.39 is 18.0 Å². The molecule has 2 aliphatic rings. The van der Waals surface area contributed by atoms with Crippen molar-refractivity contribution in [3.8, 4) is 11.9 Å². The Morgan fingerprint density at radius 3 is 2.76 bits per heavy atom. The molecule has 1 amide bonds. The number of nitriles is 1. The Balaban J connectivity index is 1.46. The maximum Gasteiger partial charge on any atom is 0.409 e. The van der Waals surface area contributed by atoms with Gasteiger partial charge < -0.3 is 29.2 Å². The van der Waals surface area contributed by atoms with Crippen LogP contribution in [0.15, 0.2) is 24.5 Å². The Bertz CT molecular complexity index is 1070. The lowest BCUT2D eigenvalue weighted by Gasteiger charge is -2.45. The first-order valence-electron chi connectivity index (χ1n) is 10.6. The Kier molecular flexibility index (Phi) is 7.62. The van der Waals surface area contributed by atoms with Crippen molar-refractivity contribution < 1.29 is 28.1 Å². The number of hydrogen-bond acceptors (Lipinski definition) is 9. The van der Waals surface area contributed by atoms with E-state index >= 15 is 4.39 Å².